The van der Waals surface area contributed by atoms with Crippen LogP contribution < -0.4 is 5.73 Å². The van der Waals surface area contributed by atoms with E-state index in [1.165, 1.54) is 0 Å². The van der Waals surface area contributed by atoms with Crippen molar-refractivity contribution in [1.29, 1.82) is 0 Å². The summed E-state index contributed by atoms with van der Waals surface area (Å²) in [7, 11) is -0.919. The third-order valence-corrected chi connectivity index (χ3v) is 4.45. The summed E-state index contributed by atoms with van der Waals surface area (Å²) in [6, 6.07) is 5.51. The quantitative estimate of drug-likeness (QED) is 0.849. The van der Waals surface area contributed by atoms with Gasteiger partial charge in [-0.15, -0.1) is 5.10 Å². The summed E-state index contributed by atoms with van der Waals surface area (Å²) >= 11 is 3.39. The third-order valence-electron chi connectivity index (χ3n) is 2.71. The molecule has 6 nitrogen and oxygen atoms in total. The van der Waals surface area contributed by atoms with Crippen LogP contribution in [0, 0.1) is 0 Å². The number of rotatable bonds is 4. The maximum Gasteiger partial charge on any atom is 0.182 e. The van der Waals surface area contributed by atoms with Gasteiger partial charge in [-0.1, -0.05) is 15.9 Å². The first-order valence-electron chi connectivity index (χ1n) is 5.62. The van der Waals surface area contributed by atoms with Crippen LogP contribution in [0.1, 0.15) is 6.92 Å². The van der Waals surface area contributed by atoms with Crippen molar-refractivity contribution in [1.82, 2.24) is 20.2 Å². The predicted molar refractivity (Wildman–Crippen MR) is 78.9 cm³/mol. The maximum atomic E-state index is 11.4. The molecule has 2 N–H and O–H groups in total. The molecular formula is C11H14BrN5OS. The smallest absolute Gasteiger partial charge is 0.182 e. The highest BCUT2D eigenvalue weighted by molar-refractivity contribution is 9.10. The van der Waals surface area contributed by atoms with E-state index < -0.39 is 10.8 Å². The van der Waals surface area contributed by atoms with Gasteiger partial charge in [-0.2, -0.15) is 0 Å². The Balaban J connectivity index is 2.36. The summed E-state index contributed by atoms with van der Waals surface area (Å²) in [4.78, 5) is 0. The van der Waals surface area contributed by atoms with Crippen LogP contribution in [0.5, 0.6) is 0 Å². The van der Waals surface area contributed by atoms with Gasteiger partial charge in [-0.3, -0.25) is 4.21 Å². The summed E-state index contributed by atoms with van der Waals surface area (Å²) in [5.41, 5.74) is 7.26. The van der Waals surface area contributed by atoms with Gasteiger partial charge in [0.15, 0.2) is 5.82 Å². The van der Waals surface area contributed by atoms with Gasteiger partial charge in [-0.25, -0.2) is 4.68 Å². The van der Waals surface area contributed by atoms with Gasteiger partial charge in [0.25, 0.3) is 0 Å². The van der Waals surface area contributed by atoms with Crippen LogP contribution in [0.4, 0.5) is 5.69 Å². The summed E-state index contributed by atoms with van der Waals surface area (Å²) in [5, 5.41) is 11.6. The SMILES string of the molecule is CC(Cn1nnnc1-c1cc(N)cc(Br)c1)S(C)=O. The zero-order valence-corrected chi connectivity index (χ0v) is 13.0. The first-order valence-corrected chi connectivity index (χ1v) is 8.03. The zero-order chi connectivity index (χ0) is 14.0. The van der Waals surface area contributed by atoms with Crippen molar-refractivity contribution in [3.05, 3.63) is 22.7 Å². The number of anilines is 1. The molecule has 2 atom stereocenters. The highest BCUT2D eigenvalue weighted by Crippen LogP contribution is 2.24. The Bertz CT molecular complexity index is 595. The second-order valence-electron chi connectivity index (χ2n) is 4.27. The number of nitrogens with two attached hydrogens (primary N) is 1. The first-order chi connectivity index (χ1) is 8.97. The highest BCUT2D eigenvalue weighted by Gasteiger charge is 2.14. The molecule has 1 heterocycles. The number of benzene rings is 1. The third kappa shape index (κ3) is 3.38. The molecule has 2 unspecified atom stereocenters. The number of aromatic nitrogens is 4. The fourth-order valence-corrected chi connectivity index (χ4v) is 2.49. The molecule has 0 bridgehead atoms. The fourth-order valence-electron chi connectivity index (χ4n) is 1.62. The van der Waals surface area contributed by atoms with E-state index >= 15 is 0 Å². The Morgan fingerprint density at radius 2 is 2.21 bits per heavy atom. The summed E-state index contributed by atoms with van der Waals surface area (Å²) in [6.07, 6.45) is 1.67. The van der Waals surface area contributed by atoms with Gasteiger partial charge >= 0.3 is 0 Å². The van der Waals surface area contributed by atoms with Crippen LogP contribution in [0.3, 0.4) is 0 Å². The van der Waals surface area contributed by atoms with E-state index in [1.807, 2.05) is 13.0 Å². The Hall–Kier alpha value is -1.28. The average molecular weight is 344 g/mol. The molecule has 102 valence electrons. The second-order valence-corrected chi connectivity index (χ2v) is 6.98. The molecule has 0 saturated carbocycles. The number of hydrogen-bond acceptors (Lipinski definition) is 5. The van der Waals surface area contributed by atoms with Gasteiger partial charge in [0.2, 0.25) is 0 Å². The normalized spacial score (nSPS) is 14.3. The minimum absolute atomic E-state index is 0.0215. The predicted octanol–water partition coefficient (Wildman–Crippen LogP) is 1.45. The Morgan fingerprint density at radius 3 is 2.84 bits per heavy atom. The molecule has 0 amide bonds. The van der Waals surface area contributed by atoms with E-state index in [1.54, 1.807) is 23.1 Å². The van der Waals surface area contributed by atoms with Gasteiger partial charge in [0.05, 0.1) is 11.8 Å². The van der Waals surface area contributed by atoms with E-state index in [0.717, 1.165) is 10.0 Å². The lowest BCUT2D eigenvalue weighted by molar-refractivity contribution is 0.579. The van der Waals surface area contributed by atoms with E-state index in [4.69, 9.17) is 5.73 Å². The highest BCUT2D eigenvalue weighted by atomic mass is 79.9. The fraction of sp³-hybridized carbons (Fsp3) is 0.364. The van der Waals surface area contributed by atoms with E-state index in [2.05, 4.69) is 31.5 Å². The molecular weight excluding hydrogens is 330 g/mol. The van der Waals surface area contributed by atoms with E-state index in [0.29, 0.717) is 18.1 Å². The van der Waals surface area contributed by atoms with Crippen molar-refractivity contribution < 1.29 is 4.21 Å². The number of halogens is 1. The Kier molecular flexibility index (Phi) is 4.31. The standard InChI is InChI=1S/C11H14BrN5OS/c1-7(19(2)18)6-17-11(14-15-16-17)8-3-9(12)5-10(13)4-8/h3-5,7H,6,13H2,1-2H3. The van der Waals surface area contributed by atoms with Crippen molar-refractivity contribution in [2.24, 2.45) is 0 Å². The number of tetrazole rings is 1. The lowest BCUT2D eigenvalue weighted by atomic mass is 10.2. The molecule has 2 aromatic rings. The molecule has 1 aromatic carbocycles. The monoisotopic (exact) mass is 343 g/mol. The lowest BCUT2D eigenvalue weighted by Crippen LogP contribution is -2.19. The number of nitrogen functional groups attached to an aromatic ring is 1. The van der Waals surface area contributed by atoms with Gasteiger partial charge < -0.3 is 5.73 Å². The molecule has 0 aliphatic rings. The Labute approximate surface area is 122 Å². The number of hydrogen-bond donors (Lipinski definition) is 1. The van der Waals surface area contributed by atoms with Crippen molar-refractivity contribution in [2.75, 3.05) is 12.0 Å². The first kappa shape index (κ1) is 14.1. The lowest BCUT2D eigenvalue weighted by Gasteiger charge is -2.10. The van der Waals surface area contributed by atoms with Crippen molar-refractivity contribution in [3.63, 3.8) is 0 Å². The van der Waals surface area contributed by atoms with Crippen LogP contribution in [0.15, 0.2) is 22.7 Å². The van der Waals surface area contributed by atoms with Gasteiger partial charge in [-0.05, 0) is 35.5 Å². The minimum atomic E-state index is -0.919. The molecule has 0 spiro atoms. The molecule has 0 aliphatic carbocycles. The number of nitrogens with zero attached hydrogens (tertiary/aromatic N) is 4. The van der Waals surface area contributed by atoms with Crippen LogP contribution in [-0.4, -0.2) is 35.9 Å². The largest absolute Gasteiger partial charge is 0.399 e. The maximum absolute atomic E-state index is 11.4. The van der Waals surface area contributed by atoms with Crippen molar-refractivity contribution >= 4 is 32.4 Å². The average Bonchev–Trinajstić information content (AvgIpc) is 2.75. The second kappa shape index (κ2) is 5.79. The molecule has 0 fully saturated rings. The molecule has 0 saturated heterocycles. The molecule has 2 rings (SSSR count). The zero-order valence-electron chi connectivity index (χ0n) is 10.6. The summed E-state index contributed by atoms with van der Waals surface area (Å²) < 4.78 is 13.9. The molecule has 19 heavy (non-hydrogen) atoms. The minimum Gasteiger partial charge on any atom is -0.399 e. The van der Waals surface area contributed by atoms with E-state index in [-0.39, 0.29) is 5.25 Å². The molecule has 0 aliphatic heterocycles. The van der Waals surface area contributed by atoms with Crippen LogP contribution in [-0.2, 0) is 17.3 Å². The topological polar surface area (TPSA) is 86.7 Å². The van der Waals surface area contributed by atoms with Gasteiger partial charge in [0, 0.05) is 32.8 Å². The van der Waals surface area contributed by atoms with Gasteiger partial charge in [0.1, 0.15) is 0 Å². The van der Waals surface area contributed by atoms with Crippen LogP contribution in [0.2, 0.25) is 0 Å². The van der Waals surface area contributed by atoms with Crippen molar-refractivity contribution in [2.45, 2.75) is 18.7 Å². The Morgan fingerprint density at radius 1 is 1.47 bits per heavy atom. The van der Waals surface area contributed by atoms with E-state index in [9.17, 15) is 4.21 Å². The molecule has 8 heteroatoms. The van der Waals surface area contributed by atoms with Crippen LogP contribution in [0.25, 0.3) is 11.4 Å². The van der Waals surface area contributed by atoms with Crippen molar-refractivity contribution in [3.8, 4) is 11.4 Å². The summed E-state index contributed by atoms with van der Waals surface area (Å²) in [6.45, 7) is 2.40. The van der Waals surface area contributed by atoms with Crippen LogP contribution >= 0.6 is 15.9 Å². The summed E-state index contributed by atoms with van der Waals surface area (Å²) in [5.74, 6) is 0.616. The molecule has 1 aromatic heterocycles. The molecule has 0 radical (unpaired) electrons.